The standard InChI is InChI=1S/C20H20N4O4S/c25-14-19(26)18-12-22-20(13-21-18)23-7-9-24(10-8-23)29(27,28)17-6-5-15-3-1-2-4-16(15)11-17/h1-6,11-13,25H,7-10,14H2. The first-order valence-electron chi connectivity index (χ1n) is 9.19. The van der Waals surface area contributed by atoms with Crippen molar-refractivity contribution in [3.8, 4) is 0 Å². The zero-order valence-electron chi connectivity index (χ0n) is 15.6. The molecule has 1 saturated heterocycles. The number of carbonyl (C=O) groups is 1. The van der Waals surface area contributed by atoms with Crippen molar-refractivity contribution >= 4 is 32.4 Å². The van der Waals surface area contributed by atoms with Crippen molar-refractivity contribution in [1.82, 2.24) is 14.3 Å². The van der Waals surface area contributed by atoms with Gasteiger partial charge in [-0.2, -0.15) is 4.31 Å². The first-order valence-corrected chi connectivity index (χ1v) is 10.6. The first-order chi connectivity index (χ1) is 14.0. The van der Waals surface area contributed by atoms with Crippen LogP contribution >= 0.6 is 0 Å². The van der Waals surface area contributed by atoms with Crippen LogP contribution in [0.3, 0.4) is 0 Å². The molecule has 0 amide bonds. The molecule has 0 spiro atoms. The molecule has 29 heavy (non-hydrogen) atoms. The summed E-state index contributed by atoms with van der Waals surface area (Å²) >= 11 is 0. The number of aromatic nitrogens is 2. The Bertz CT molecular complexity index is 1140. The molecule has 0 bridgehead atoms. The Kier molecular flexibility index (Phi) is 5.27. The van der Waals surface area contributed by atoms with Crippen LogP contribution in [0.25, 0.3) is 10.8 Å². The van der Waals surface area contributed by atoms with Crippen molar-refractivity contribution < 1.29 is 18.3 Å². The van der Waals surface area contributed by atoms with Gasteiger partial charge >= 0.3 is 0 Å². The highest BCUT2D eigenvalue weighted by Crippen LogP contribution is 2.23. The number of hydrogen-bond acceptors (Lipinski definition) is 7. The second-order valence-corrected chi connectivity index (χ2v) is 8.68. The molecule has 3 aromatic rings. The van der Waals surface area contributed by atoms with E-state index in [1.54, 1.807) is 12.1 Å². The number of rotatable bonds is 5. The van der Waals surface area contributed by atoms with Crippen LogP contribution in [-0.4, -0.2) is 66.4 Å². The van der Waals surface area contributed by atoms with Crippen LogP contribution in [0.15, 0.2) is 59.8 Å². The number of nitrogens with zero attached hydrogens (tertiary/aromatic N) is 4. The quantitative estimate of drug-likeness (QED) is 0.630. The normalized spacial score (nSPS) is 15.6. The van der Waals surface area contributed by atoms with Crippen LogP contribution < -0.4 is 4.90 Å². The van der Waals surface area contributed by atoms with E-state index in [1.807, 2.05) is 35.2 Å². The number of anilines is 1. The molecule has 0 unspecified atom stereocenters. The lowest BCUT2D eigenvalue weighted by Gasteiger charge is -2.34. The van der Waals surface area contributed by atoms with Gasteiger partial charge in [0.05, 0.1) is 17.3 Å². The number of aliphatic hydroxyl groups is 1. The van der Waals surface area contributed by atoms with E-state index in [9.17, 15) is 13.2 Å². The van der Waals surface area contributed by atoms with Gasteiger partial charge in [0.25, 0.3) is 0 Å². The van der Waals surface area contributed by atoms with Gasteiger partial charge in [0.1, 0.15) is 18.1 Å². The number of ketones is 1. The zero-order valence-corrected chi connectivity index (χ0v) is 16.4. The van der Waals surface area contributed by atoms with Crippen molar-refractivity contribution in [2.75, 3.05) is 37.7 Å². The van der Waals surface area contributed by atoms with Gasteiger partial charge in [0.15, 0.2) is 0 Å². The molecule has 1 aliphatic heterocycles. The van der Waals surface area contributed by atoms with Crippen molar-refractivity contribution in [2.24, 2.45) is 0 Å². The van der Waals surface area contributed by atoms with Crippen LogP contribution in [0.1, 0.15) is 10.5 Å². The minimum atomic E-state index is -3.58. The van der Waals surface area contributed by atoms with Gasteiger partial charge in [-0.15, -0.1) is 0 Å². The average molecular weight is 412 g/mol. The number of carbonyl (C=O) groups excluding carboxylic acids is 1. The molecule has 2 aromatic carbocycles. The van der Waals surface area contributed by atoms with Crippen LogP contribution in [-0.2, 0) is 10.0 Å². The molecule has 9 heteroatoms. The molecule has 1 aliphatic rings. The molecule has 4 rings (SSSR count). The Labute approximate surface area is 168 Å². The number of benzene rings is 2. The van der Waals surface area contributed by atoms with Crippen molar-refractivity contribution in [3.05, 3.63) is 60.6 Å². The molecule has 0 saturated carbocycles. The van der Waals surface area contributed by atoms with E-state index >= 15 is 0 Å². The molecular formula is C20H20N4O4S. The molecule has 0 radical (unpaired) electrons. The minimum Gasteiger partial charge on any atom is -0.388 e. The van der Waals surface area contributed by atoms with Gasteiger partial charge in [0, 0.05) is 26.2 Å². The minimum absolute atomic E-state index is 0.105. The number of Topliss-reactive ketones (excluding diaryl/α,β-unsaturated/α-hetero) is 1. The Hall–Kier alpha value is -2.88. The Morgan fingerprint density at radius 2 is 1.69 bits per heavy atom. The maximum atomic E-state index is 13.0. The summed E-state index contributed by atoms with van der Waals surface area (Å²) < 4.78 is 27.6. The lowest BCUT2D eigenvalue weighted by Crippen LogP contribution is -2.49. The number of aliphatic hydroxyl groups excluding tert-OH is 1. The molecular weight excluding hydrogens is 392 g/mol. The van der Waals surface area contributed by atoms with Crippen LogP contribution in [0.4, 0.5) is 5.82 Å². The van der Waals surface area contributed by atoms with Gasteiger partial charge < -0.3 is 10.0 Å². The third kappa shape index (κ3) is 3.84. The highest BCUT2D eigenvalue weighted by atomic mass is 32.2. The van der Waals surface area contributed by atoms with E-state index in [-0.39, 0.29) is 10.6 Å². The highest BCUT2D eigenvalue weighted by Gasteiger charge is 2.29. The van der Waals surface area contributed by atoms with Crippen LogP contribution in [0.2, 0.25) is 0 Å². The Morgan fingerprint density at radius 3 is 2.34 bits per heavy atom. The zero-order chi connectivity index (χ0) is 20.4. The molecule has 1 N–H and O–H groups in total. The van der Waals surface area contributed by atoms with E-state index in [2.05, 4.69) is 9.97 Å². The fourth-order valence-electron chi connectivity index (χ4n) is 3.34. The van der Waals surface area contributed by atoms with Crippen molar-refractivity contribution in [3.63, 3.8) is 0 Å². The SMILES string of the molecule is O=C(CO)c1cnc(N2CCN(S(=O)(=O)c3ccc4ccccc4c3)CC2)cn1. The molecule has 0 atom stereocenters. The third-order valence-corrected chi connectivity index (χ3v) is 6.88. The number of piperazine rings is 1. The predicted molar refractivity (Wildman–Crippen MR) is 108 cm³/mol. The van der Waals surface area contributed by atoms with Gasteiger partial charge in [-0.05, 0) is 22.9 Å². The predicted octanol–water partition coefficient (Wildman–Crippen LogP) is 1.32. The van der Waals surface area contributed by atoms with Gasteiger partial charge in [0.2, 0.25) is 15.8 Å². The highest BCUT2D eigenvalue weighted by molar-refractivity contribution is 7.89. The van der Waals surface area contributed by atoms with Crippen LogP contribution in [0.5, 0.6) is 0 Å². The topological polar surface area (TPSA) is 104 Å². The fraction of sp³-hybridized carbons (Fsp3) is 0.250. The molecule has 8 nitrogen and oxygen atoms in total. The molecule has 2 heterocycles. The van der Waals surface area contributed by atoms with Crippen molar-refractivity contribution in [1.29, 1.82) is 0 Å². The molecule has 0 aliphatic carbocycles. The summed E-state index contributed by atoms with van der Waals surface area (Å²) in [5.41, 5.74) is 0.105. The van der Waals surface area contributed by atoms with Gasteiger partial charge in [-0.25, -0.2) is 18.4 Å². The van der Waals surface area contributed by atoms with E-state index in [4.69, 9.17) is 5.11 Å². The molecule has 1 fully saturated rings. The maximum Gasteiger partial charge on any atom is 0.243 e. The second kappa shape index (κ2) is 7.86. The fourth-order valence-corrected chi connectivity index (χ4v) is 4.80. The van der Waals surface area contributed by atoms with Gasteiger partial charge in [-0.3, -0.25) is 4.79 Å². The van der Waals surface area contributed by atoms with E-state index in [1.165, 1.54) is 16.7 Å². The third-order valence-electron chi connectivity index (χ3n) is 4.99. The number of hydrogen-bond donors (Lipinski definition) is 1. The second-order valence-electron chi connectivity index (χ2n) is 6.74. The summed E-state index contributed by atoms with van der Waals surface area (Å²) in [4.78, 5) is 21.9. The van der Waals surface area contributed by atoms with E-state index < -0.39 is 22.4 Å². The summed E-state index contributed by atoms with van der Waals surface area (Å²) in [7, 11) is -3.58. The summed E-state index contributed by atoms with van der Waals surface area (Å²) in [5.74, 6) is 0.0811. The summed E-state index contributed by atoms with van der Waals surface area (Å²) in [6, 6.07) is 12.8. The monoisotopic (exact) mass is 412 g/mol. The molecule has 150 valence electrons. The smallest absolute Gasteiger partial charge is 0.243 e. The van der Waals surface area contributed by atoms with Crippen molar-refractivity contribution in [2.45, 2.75) is 4.90 Å². The number of sulfonamides is 1. The maximum absolute atomic E-state index is 13.0. The van der Waals surface area contributed by atoms with Crippen LogP contribution in [0, 0.1) is 0 Å². The summed E-state index contributed by atoms with van der Waals surface area (Å²) in [6.45, 7) is 0.977. The molecule has 1 aromatic heterocycles. The lowest BCUT2D eigenvalue weighted by molar-refractivity contribution is 0.0898. The van der Waals surface area contributed by atoms with E-state index in [0.717, 1.165) is 10.8 Å². The largest absolute Gasteiger partial charge is 0.388 e. The summed E-state index contributed by atoms with van der Waals surface area (Å²) in [5, 5.41) is 10.8. The summed E-state index contributed by atoms with van der Waals surface area (Å²) in [6.07, 6.45) is 2.79. The lowest BCUT2D eigenvalue weighted by atomic mass is 10.1. The average Bonchev–Trinajstić information content (AvgIpc) is 2.78. The first kappa shape index (κ1) is 19.4. The van der Waals surface area contributed by atoms with Gasteiger partial charge in [-0.1, -0.05) is 30.3 Å². The Balaban J connectivity index is 1.47. The number of fused-ring (bicyclic) bond motifs is 1. The Morgan fingerprint density at radius 1 is 0.966 bits per heavy atom. The van der Waals surface area contributed by atoms with E-state index in [0.29, 0.717) is 32.0 Å².